The minimum Gasteiger partial charge on any atom is -0.451 e. The summed E-state index contributed by atoms with van der Waals surface area (Å²) in [6.07, 6.45) is -1.06. The Hall–Kier alpha value is -2.94. The van der Waals surface area contributed by atoms with Crippen LogP contribution in [0.2, 0.25) is 0 Å². The molecule has 0 radical (unpaired) electrons. The number of urea groups is 1. The van der Waals surface area contributed by atoms with Crippen LogP contribution in [0.5, 0.6) is 0 Å². The van der Waals surface area contributed by atoms with Crippen molar-refractivity contribution in [3.8, 4) is 0 Å². The Morgan fingerprint density at radius 3 is 2.50 bits per heavy atom. The van der Waals surface area contributed by atoms with E-state index in [9.17, 15) is 19.2 Å². The quantitative estimate of drug-likeness (QED) is 0.378. The van der Waals surface area contributed by atoms with Crippen molar-refractivity contribution in [2.45, 2.75) is 32.4 Å². The Balaban J connectivity index is 1.99. The topological polar surface area (TPSA) is 114 Å². The van der Waals surface area contributed by atoms with Gasteiger partial charge >= 0.3 is 12.0 Å². The number of carbonyl (C=O) groups is 4. The summed E-state index contributed by atoms with van der Waals surface area (Å²) in [5.41, 5.74) is 0.356. The molecule has 9 heteroatoms. The number of nitrogens with one attached hydrogen (secondary N) is 2. The second kappa shape index (κ2) is 8.83. The molecular weight excluding hydrogens is 366 g/mol. The van der Waals surface area contributed by atoms with Crippen LogP contribution in [0.3, 0.4) is 0 Å². The maximum atomic E-state index is 12.8. The Morgan fingerprint density at radius 2 is 1.89 bits per heavy atom. The fourth-order valence-corrected chi connectivity index (χ4v) is 2.76. The number of carbonyl (C=O) groups excluding carboxylic acids is 4. The predicted octanol–water partition coefficient (Wildman–Crippen LogP) is 0.456. The molecule has 9 nitrogen and oxygen atoms in total. The third kappa shape index (κ3) is 4.66. The third-order valence-electron chi connectivity index (χ3n) is 4.47. The molecule has 152 valence electrons. The monoisotopic (exact) mass is 391 g/mol. The van der Waals surface area contributed by atoms with Crippen LogP contribution in [-0.4, -0.2) is 61.6 Å². The van der Waals surface area contributed by atoms with Crippen molar-refractivity contribution in [2.75, 3.05) is 26.8 Å². The number of benzene rings is 1. The lowest BCUT2D eigenvalue weighted by atomic mass is 9.91. The predicted molar refractivity (Wildman–Crippen MR) is 99.2 cm³/mol. The lowest BCUT2D eigenvalue weighted by Crippen LogP contribution is -2.43. The van der Waals surface area contributed by atoms with Gasteiger partial charge in [0.25, 0.3) is 11.8 Å². The van der Waals surface area contributed by atoms with Gasteiger partial charge in [-0.05, 0) is 26.3 Å². The summed E-state index contributed by atoms with van der Waals surface area (Å²) in [5.74, 6) is -1.91. The number of ether oxygens (including phenoxy) is 2. The molecule has 4 amide bonds. The summed E-state index contributed by atoms with van der Waals surface area (Å²) in [5, 5.41) is 5.16. The van der Waals surface area contributed by atoms with E-state index in [2.05, 4.69) is 10.6 Å². The number of aryl methyl sites for hydroxylation is 1. The van der Waals surface area contributed by atoms with Crippen LogP contribution < -0.4 is 10.6 Å². The van der Waals surface area contributed by atoms with Gasteiger partial charge in [0.15, 0.2) is 6.10 Å². The fourth-order valence-electron chi connectivity index (χ4n) is 2.76. The van der Waals surface area contributed by atoms with E-state index in [1.807, 2.05) is 19.1 Å². The van der Waals surface area contributed by atoms with Gasteiger partial charge in [-0.2, -0.15) is 0 Å². The summed E-state index contributed by atoms with van der Waals surface area (Å²) in [6, 6.07) is 6.48. The molecule has 0 aromatic heterocycles. The number of nitrogens with zero attached hydrogens (tertiary/aromatic N) is 1. The van der Waals surface area contributed by atoms with E-state index in [-0.39, 0.29) is 6.54 Å². The number of methoxy groups -OCH3 is 1. The molecule has 1 aromatic rings. The van der Waals surface area contributed by atoms with Crippen LogP contribution in [0, 0.1) is 6.92 Å². The van der Waals surface area contributed by atoms with Gasteiger partial charge in [0.1, 0.15) is 12.1 Å². The van der Waals surface area contributed by atoms with Crippen LogP contribution in [0.1, 0.15) is 25.0 Å². The first-order valence-corrected chi connectivity index (χ1v) is 8.86. The molecule has 2 N–H and O–H groups in total. The molecule has 0 saturated carbocycles. The van der Waals surface area contributed by atoms with E-state index < -0.39 is 42.0 Å². The molecule has 1 aromatic carbocycles. The Kier molecular flexibility index (Phi) is 6.74. The Morgan fingerprint density at radius 1 is 1.25 bits per heavy atom. The standard InChI is InChI=1S/C19H25N3O6/c1-12-5-7-14(8-6-12)19(3)17(25)22(18(26)21-19)11-15(23)28-13(2)16(24)20-9-10-27-4/h5-8,13H,9-11H2,1-4H3,(H,20,24)(H,21,26)/t13-,19-/m0/s1. The maximum absolute atomic E-state index is 12.8. The first-order chi connectivity index (χ1) is 13.2. The minimum atomic E-state index is -1.27. The van der Waals surface area contributed by atoms with E-state index in [4.69, 9.17) is 9.47 Å². The zero-order valence-electron chi connectivity index (χ0n) is 16.4. The number of amides is 4. The largest absolute Gasteiger partial charge is 0.451 e. The number of rotatable bonds is 8. The SMILES string of the molecule is COCCNC(=O)[C@H](C)OC(=O)CN1C(=O)N[C@@](C)(c2ccc(C)cc2)C1=O. The second-order valence-electron chi connectivity index (χ2n) is 6.73. The van der Waals surface area contributed by atoms with Crippen LogP contribution in [-0.2, 0) is 29.4 Å². The summed E-state index contributed by atoms with van der Waals surface area (Å²) in [4.78, 5) is 49.8. The molecule has 0 bridgehead atoms. The normalized spacial score (nSPS) is 19.9. The van der Waals surface area contributed by atoms with Gasteiger partial charge < -0.3 is 20.1 Å². The molecule has 1 aliphatic rings. The smallest absolute Gasteiger partial charge is 0.327 e. The van der Waals surface area contributed by atoms with Gasteiger partial charge in [-0.1, -0.05) is 29.8 Å². The summed E-state index contributed by atoms with van der Waals surface area (Å²) in [7, 11) is 1.50. The number of hydrogen-bond donors (Lipinski definition) is 2. The van der Waals surface area contributed by atoms with Gasteiger partial charge in [0, 0.05) is 13.7 Å². The molecular formula is C19H25N3O6. The Bertz CT molecular complexity index is 763. The number of imide groups is 1. The van der Waals surface area contributed by atoms with Gasteiger partial charge in [0.2, 0.25) is 0 Å². The van der Waals surface area contributed by atoms with Crippen molar-refractivity contribution in [2.24, 2.45) is 0 Å². The fraction of sp³-hybridized carbons (Fsp3) is 0.474. The van der Waals surface area contributed by atoms with E-state index in [0.717, 1.165) is 10.5 Å². The highest BCUT2D eigenvalue weighted by Crippen LogP contribution is 2.28. The van der Waals surface area contributed by atoms with Gasteiger partial charge in [-0.25, -0.2) is 4.79 Å². The van der Waals surface area contributed by atoms with Crippen molar-refractivity contribution in [1.82, 2.24) is 15.5 Å². The lowest BCUT2D eigenvalue weighted by molar-refractivity contribution is -0.156. The molecule has 2 rings (SSSR count). The van der Waals surface area contributed by atoms with Crippen molar-refractivity contribution < 1.29 is 28.7 Å². The van der Waals surface area contributed by atoms with Gasteiger partial charge in [-0.15, -0.1) is 0 Å². The Labute approximate surface area is 163 Å². The molecule has 2 atom stereocenters. The summed E-state index contributed by atoms with van der Waals surface area (Å²) >= 11 is 0. The van der Waals surface area contributed by atoms with Crippen molar-refractivity contribution in [1.29, 1.82) is 0 Å². The number of esters is 1. The van der Waals surface area contributed by atoms with E-state index >= 15 is 0 Å². The average molecular weight is 391 g/mol. The highest BCUT2D eigenvalue weighted by Gasteiger charge is 2.49. The molecule has 28 heavy (non-hydrogen) atoms. The highest BCUT2D eigenvalue weighted by molar-refractivity contribution is 6.08. The van der Waals surface area contributed by atoms with Crippen LogP contribution in [0.4, 0.5) is 4.79 Å². The second-order valence-corrected chi connectivity index (χ2v) is 6.73. The van der Waals surface area contributed by atoms with Crippen LogP contribution in [0.15, 0.2) is 24.3 Å². The third-order valence-corrected chi connectivity index (χ3v) is 4.47. The highest BCUT2D eigenvalue weighted by atomic mass is 16.5. The minimum absolute atomic E-state index is 0.277. The molecule has 0 unspecified atom stereocenters. The molecule has 1 fully saturated rings. The first kappa shape index (κ1) is 21.4. The molecule has 1 heterocycles. The van der Waals surface area contributed by atoms with Gasteiger partial charge in [-0.3, -0.25) is 19.3 Å². The summed E-state index contributed by atoms with van der Waals surface area (Å²) in [6.45, 7) is 4.92. The molecule has 1 saturated heterocycles. The van der Waals surface area contributed by atoms with Crippen molar-refractivity contribution in [3.63, 3.8) is 0 Å². The molecule has 1 aliphatic heterocycles. The molecule has 0 aliphatic carbocycles. The zero-order chi connectivity index (χ0) is 20.9. The van der Waals surface area contributed by atoms with Gasteiger partial charge in [0.05, 0.1) is 6.61 Å². The van der Waals surface area contributed by atoms with E-state index in [0.29, 0.717) is 12.2 Å². The van der Waals surface area contributed by atoms with Crippen molar-refractivity contribution in [3.05, 3.63) is 35.4 Å². The van der Waals surface area contributed by atoms with E-state index in [1.54, 1.807) is 19.1 Å². The maximum Gasteiger partial charge on any atom is 0.327 e. The molecule has 0 spiro atoms. The zero-order valence-corrected chi connectivity index (χ0v) is 16.4. The van der Waals surface area contributed by atoms with Crippen LogP contribution in [0.25, 0.3) is 0 Å². The lowest BCUT2D eigenvalue weighted by Gasteiger charge is -2.22. The number of hydrogen-bond acceptors (Lipinski definition) is 6. The van der Waals surface area contributed by atoms with Crippen LogP contribution >= 0.6 is 0 Å². The van der Waals surface area contributed by atoms with Crippen molar-refractivity contribution >= 4 is 23.8 Å². The summed E-state index contributed by atoms with van der Waals surface area (Å²) < 4.78 is 9.84. The first-order valence-electron chi connectivity index (χ1n) is 8.86. The average Bonchev–Trinajstić information content (AvgIpc) is 2.86. The van der Waals surface area contributed by atoms with E-state index in [1.165, 1.54) is 14.0 Å².